The lowest BCUT2D eigenvalue weighted by atomic mass is 10.6. The Balaban J connectivity index is 2.37. The highest BCUT2D eigenvalue weighted by Crippen LogP contribution is 2.26. The topological polar surface area (TPSA) is 89.9 Å². The van der Waals surface area contributed by atoms with Crippen molar-refractivity contribution < 1.29 is 13.2 Å². The monoisotopic (exact) mass is 318 g/mol. The molecule has 2 N–H and O–H groups in total. The molecule has 0 aliphatic rings. The van der Waals surface area contributed by atoms with Gasteiger partial charge in [0.25, 0.3) is 10.0 Å². The Kier molecular flexibility index (Phi) is 4.63. The normalized spacial score (nSPS) is 12.6. The second-order valence-electron chi connectivity index (χ2n) is 4.05. The number of ether oxygens (including phenoxy) is 1. The zero-order chi connectivity index (χ0) is 14.8. The van der Waals surface area contributed by atoms with Crippen molar-refractivity contribution in [1.29, 1.82) is 0 Å². The number of nitrogens with zero attached hydrogens (tertiary/aromatic N) is 3. The molecular weight excluding hydrogens is 300 g/mol. The minimum atomic E-state index is -3.68. The maximum absolute atomic E-state index is 12.7. The lowest BCUT2D eigenvalue weighted by Crippen LogP contribution is -2.35. The summed E-state index contributed by atoms with van der Waals surface area (Å²) in [6.45, 7) is 5.21. The molecule has 2 aromatic heterocycles. The fourth-order valence-corrected chi connectivity index (χ4v) is 4.30. The summed E-state index contributed by atoms with van der Waals surface area (Å²) >= 11 is 1.34. The van der Waals surface area contributed by atoms with Crippen molar-refractivity contribution in [3.63, 3.8) is 0 Å². The van der Waals surface area contributed by atoms with Gasteiger partial charge < -0.3 is 10.5 Å². The molecule has 0 radical (unpaired) electrons. The van der Waals surface area contributed by atoms with Crippen molar-refractivity contribution in [2.45, 2.75) is 18.9 Å². The van der Waals surface area contributed by atoms with Crippen LogP contribution >= 0.6 is 11.3 Å². The van der Waals surface area contributed by atoms with Crippen LogP contribution in [-0.2, 0) is 14.8 Å². The molecule has 2 rings (SSSR count). The molecule has 0 aliphatic heterocycles. The first kappa shape index (κ1) is 15.2. The van der Waals surface area contributed by atoms with E-state index in [0.717, 1.165) is 0 Å². The Labute approximate surface area is 122 Å². The molecule has 2 aromatic rings. The molecule has 112 valence electrons. The maximum atomic E-state index is 12.7. The minimum absolute atomic E-state index is 0.0340. The maximum Gasteiger partial charge on any atom is 0.262 e. The van der Waals surface area contributed by atoms with Crippen LogP contribution in [0, 0.1) is 0 Å². The molecule has 7 nitrogen and oxygen atoms in total. The zero-order valence-electron chi connectivity index (χ0n) is 11.4. The van der Waals surface area contributed by atoms with E-state index < -0.39 is 10.0 Å². The third kappa shape index (κ3) is 2.66. The Morgan fingerprint density at radius 1 is 1.50 bits per heavy atom. The fraction of sp³-hybridized carbons (Fsp3) is 0.545. The quantitative estimate of drug-likeness (QED) is 0.770. The van der Waals surface area contributed by atoms with E-state index in [2.05, 4.69) is 4.98 Å². The van der Waals surface area contributed by atoms with Crippen LogP contribution < -0.4 is 5.73 Å². The molecule has 20 heavy (non-hydrogen) atoms. The van der Waals surface area contributed by atoms with Gasteiger partial charge >= 0.3 is 0 Å². The highest BCUT2D eigenvalue weighted by Gasteiger charge is 2.30. The lowest BCUT2D eigenvalue weighted by molar-refractivity contribution is 0.135. The molecule has 0 aliphatic carbocycles. The molecule has 0 atom stereocenters. The van der Waals surface area contributed by atoms with E-state index in [4.69, 9.17) is 10.5 Å². The van der Waals surface area contributed by atoms with Gasteiger partial charge in [0.1, 0.15) is 0 Å². The number of likely N-dealkylation sites (N-methyl/N-ethyl adjacent to an activating group) is 1. The number of fused-ring (bicyclic) bond motifs is 1. The zero-order valence-corrected chi connectivity index (χ0v) is 13.1. The molecule has 2 heterocycles. The number of nitrogen functional groups attached to an aromatic ring is 1. The average molecular weight is 318 g/mol. The van der Waals surface area contributed by atoms with E-state index in [-0.39, 0.29) is 10.8 Å². The first-order valence-corrected chi connectivity index (χ1v) is 8.63. The number of nitrogens with two attached hydrogens (primary N) is 1. The third-order valence-corrected chi connectivity index (χ3v) is 5.64. The smallest absolute Gasteiger partial charge is 0.262 e. The van der Waals surface area contributed by atoms with Gasteiger partial charge in [-0.15, -0.1) is 11.3 Å². The van der Waals surface area contributed by atoms with Gasteiger partial charge in [0.05, 0.1) is 6.61 Å². The van der Waals surface area contributed by atoms with Gasteiger partial charge in [-0.3, -0.25) is 4.40 Å². The standard InChI is InChI=1S/C11H18N4O3S2/c1-3-14(5-7-18-4-2)20(16,17)10-9(12)13-11-15(10)6-8-19-11/h6,8H,3-5,7,12H2,1-2H3. The van der Waals surface area contributed by atoms with Crippen LogP contribution in [0.4, 0.5) is 5.82 Å². The molecule has 9 heteroatoms. The van der Waals surface area contributed by atoms with Crippen molar-refractivity contribution in [2.75, 3.05) is 32.0 Å². The van der Waals surface area contributed by atoms with E-state index >= 15 is 0 Å². The fourth-order valence-electron chi connectivity index (χ4n) is 1.92. The van der Waals surface area contributed by atoms with Gasteiger partial charge in [-0.25, -0.2) is 13.4 Å². The van der Waals surface area contributed by atoms with Crippen LogP contribution in [0.3, 0.4) is 0 Å². The summed E-state index contributed by atoms with van der Waals surface area (Å²) in [6.07, 6.45) is 1.66. The summed E-state index contributed by atoms with van der Waals surface area (Å²) in [5, 5.41) is 1.81. The van der Waals surface area contributed by atoms with Gasteiger partial charge in [-0.1, -0.05) is 6.92 Å². The average Bonchev–Trinajstić information content (AvgIpc) is 2.93. The molecule has 0 bridgehead atoms. The largest absolute Gasteiger partial charge is 0.381 e. The van der Waals surface area contributed by atoms with Crippen molar-refractivity contribution in [3.05, 3.63) is 11.6 Å². The Morgan fingerprint density at radius 2 is 2.25 bits per heavy atom. The van der Waals surface area contributed by atoms with Gasteiger partial charge in [0.2, 0.25) is 0 Å². The Morgan fingerprint density at radius 3 is 2.90 bits per heavy atom. The summed E-state index contributed by atoms with van der Waals surface area (Å²) in [7, 11) is -3.68. The van der Waals surface area contributed by atoms with Gasteiger partial charge in [-0.05, 0) is 6.92 Å². The number of hydrogen-bond acceptors (Lipinski definition) is 6. The number of sulfonamides is 1. The van der Waals surface area contributed by atoms with Crippen LogP contribution in [0.15, 0.2) is 16.6 Å². The highest BCUT2D eigenvalue weighted by atomic mass is 32.2. The van der Waals surface area contributed by atoms with E-state index in [1.54, 1.807) is 18.5 Å². The lowest BCUT2D eigenvalue weighted by Gasteiger charge is -2.19. The second-order valence-corrected chi connectivity index (χ2v) is 6.78. The summed E-state index contributed by atoms with van der Waals surface area (Å²) in [5.74, 6) is 0.0340. The summed E-state index contributed by atoms with van der Waals surface area (Å²) in [4.78, 5) is 4.65. The van der Waals surface area contributed by atoms with E-state index in [1.807, 2.05) is 6.92 Å². The van der Waals surface area contributed by atoms with Crippen LogP contribution in [0.1, 0.15) is 13.8 Å². The van der Waals surface area contributed by atoms with Gasteiger partial charge in [-0.2, -0.15) is 4.31 Å². The number of rotatable bonds is 7. The first-order valence-electron chi connectivity index (χ1n) is 6.31. The van der Waals surface area contributed by atoms with Gasteiger partial charge in [0.15, 0.2) is 15.8 Å². The molecule has 0 amide bonds. The summed E-state index contributed by atoms with van der Waals surface area (Å²) < 4.78 is 33.5. The molecule has 0 aromatic carbocycles. The van der Waals surface area contributed by atoms with E-state index in [1.165, 1.54) is 20.0 Å². The Hall–Kier alpha value is -1.16. The molecule has 0 fully saturated rings. The first-order chi connectivity index (χ1) is 9.52. The summed E-state index contributed by atoms with van der Waals surface area (Å²) in [5.41, 5.74) is 5.77. The summed E-state index contributed by atoms with van der Waals surface area (Å²) in [6, 6.07) is 0. The van der Waals surface area contributed by atoms with Crippen LogP contribution in [0.2, 0.25) is 0 Å². The number of imidazole rings is 1. The molecule has 0 saturated heterocycles. The van der Waals surface area contributed by atoms with Crippen molar-refractivity contribution in [3.8, 4) is 0 Å². The third-order valence-electron chi connectivity index (χ3n) is 2.87. The van der Waals surface area contributed by atoms with Crippen molar-refractivity contribution in [1.82, 2.24) is 13.7 Å². The number of thiazole rings is 1. The van der Waals surface area contributed by atoms with Crippen LogP contribution in [0.5, 0.6) is 0 Å². The predicted molar refractivity (Wildman–Crippen MR) is 78.4 cm³/mol. The minimum Gasteiger partial charge on any atom is -0.381 e. The molecule has 0 saturated carbocycles. The molecular formula is C11H18N4O3S2. The van der Waals surface area contributed by atoms with E-state index in [9.17, 15) is 8.42 Å². The SMILES string of the molecule is CCOCCN(CC)S(=O)(=O)c1c(N)nc2sccn12. The van der Waals surface area contributed by atoms with E-state index in [0.29, 0.717) is 31.3 Å². The van der Waals surface area contributed by atoms with Crippen molar-refractivity contribution >= 4 is 32.1 Å². The second kappa shape index (κ2) is 6.08. The van der Waals surface area contributed by atoms with Gasteiger partial charge in [0, 0.05) is 31.3 Å². The van der Waals surface area contributed by atoms with Crippen molar-refractivity contribution in [2.24, 2.45) is 0 Å². The molecule has 0 spiro atoms. The number of aromatic nitrogens is 2. The number of anilines is 1. The van der Waals surface area contributed by atoms with Crippen LogP contribution in [-0.4, -0.2) is 48.4 Å². The van der Waals surface area contributed by atoms with Crippen LogP contribution in [0.25, 0.3) is 4.96 Å². The Bertz CT molecular complexity index is 677. The molecule has 0 unspecified atom stereocenters. The predicted octanol–water partition coefficient (Wildman–Crippen LogP) is 1.03. The highest BCUT2D eigenvalue weighted by molar-refractivity contribution is 7.89. The number of hydrogen-bond donors (Lipinski definition) is 1.